The zero-order valence-corrected chi connectivity index (χ0v) is 15.8. The first-order valence-electron chi connectivity index (χ1n) is 8.13. The van der Waals surface area contributed by atoms with Gasteiger partial charge in [0.25, 0.3) is 5.91 Å². The van der Waals surface area contributed by atoms with Crippen molar-refractivity contribution in [3.05, 3.63) is 52.8 Å². The van der Waals surface area contributed by atoms with E-state index in [-0.39, 0.29) is 16.3 Å². The van der Waals surface area contributed by atoms with Crippen LogP contribution in [-0.4, -0.2) is 31.7 Å². The van der Waals surface area contributed by atoms with E-state index in [1.165, 1.54) is 38.3 Å². The molecular formula is C19H19ClFNO5. The minimum absolute atomic E-state index is 0.126. The molecule has 0 radical (unpaired) electrons. The summed E-state index contributed by atoms with van der Waals surface area (Å²) < 4.78 is 28.9. The Morgan fingerprint density at radius 1 is 1.19 bits per heavy atom. The van der Waals surface area contributed by atoms with Crippen molar-refractivity contribution in [1.29, 1.82) is 0 Å². The third kappa shape index (κ3) is 5.34. The minimum atomic E-state index is -1.08. The monoisotopic (exact) mass is 395 g/mol. The first-order chi connectivity index (χ1) is 12.8. The summed E-state index contributed by atoms with van der Waals surface area (Å²) in [6.07, 6.45) is -1.08. The molecule has 0 aliphatic rings. The molecule has 8 heteroatoms. The van der Waals surface area contributed by atoms with Gasteiger partial charge in [-0.1, -0.05) is 11.6 Å². The number of nitrogens with one attached hydrogen (secondary N) is 1. The Morgan fingerprint density at radius 3 is 2.56 bits per heavy atom. The van der Waals surface area contributed by atoms with Crippen molar-refractivity contribution in [1.82, 2.24) is 0 Å². The van der Waals surface area contributed by atoms with E-state index in [2.05, 4.69) is 5.32 Å². The quantitative estimate of drug-likeness (QED) is 0.715. The number of carbonyl (C=O) groups is 2. The highest BCUT2D eigenvalue weighted by molar-refractivity contribution is 6.31. The summed E-state index contributed by atoms with van der Waals surface area (Å²) in [7, 11) is 1.49. The van der Waals surface area contributed by atoms with Crippen LogP contribution >= 0.6 is 11.6 Å². The van der Waals surface area contributed by atoms with Gasteiger partial charge >= 0.3 is 5.97 Å². The van der Waals surface area contributed by atoms with Gasteiger partial charge in [-0.25, -0.2) is 9.18 Å². The molecule has 0 saturated heterocycles. The van der Waals surface area contributed by atoms with E-state index in [9.17, 15) is 14.0 Å². The highest BCUT2D eigenvalue weighted by Gasteiger charge is 2.20. The fourth-order valence-corrected chi connectivity index (χ4v) is 2.35. The van der Waals surface area contributed by atoms with Gasteiger partial charge in [-0.15, -0.1) is 0 Å². The summed E-state index contributed by atoms with van der Waals surface area (Å²) in [4.78, 5) is 24.5. The molecule has 0 bridgehead atoms. The number of halogens is 2. The molecular weight excluding hydrogens is 377 g/mol. The summed E-state index contributed by atoms with van der Waals surface area (Å²) >= 11 is 5.67. The summed E-state index contributed by atoms with van der Waals surface area (Å²) in [5.41, 5.74) is 0.501. The number of hydrogen-bond acceptors (Lipinski definition) is 5. The molecule has 0 aromatic heterocycles. The van der Waals surface area contributed by atoms with Crippen LogP contribution < -0.4 is 14.8 Å². The van der Waals surface area contributed by atoms with Crippen LogP contribution in [0.3, 0.4) is 0 Å². The van der Waals surface area contributed by atoms with Crippen molar-refractivity contribution in [3.8, 4) is 11.5 Å². The van der Waals surface area contributed by atoms with Gasteiger partial charge in [0.15, 0.2) is 17.6 Å². The maximum Gasteiger partial charge on any atom is 0.339 e. The summed E-state index contributed by atoms with van der Waals surface area (Å²) in [6, 6.07) is 8.31. The van der Waals surface area contributed by atoms with Crippen LogP contribution in [0.4, 0.5) is 10.1 Å². The maximum atomic E-state index is 13.2. The molecule has 1 N–H and O–H groups in total. The van der Waals surface area contributed by atoms with Crippen molar-refractivity contribution in [2.45, 2.75) is 20.0 Å². The highest BCUT2D eigenvalue weighted by atomic mass is 35.5. The minimum Gasteiger partial charge on any atom is -0.493 e. The molecule has 27 heavy (non-hydrogen) atoms. The number of rotatable bonds is 7. The fraction of sp³-hybridized carbons (Fsp3) is 0.263. The van der Waals surface area contributed by atoms with Crippen LogP contribution in [0, 0.1) is 5.82 Å². The predicted octanol–water partition coefficient (Wildman–Crippen LogP) is 4.07. The van der Waals surface area contributed by atoms with E-state index in [4.69, 9.17) is 25.8 Å². The van der Waals surface area contributed by atoms with E-state index < -0.39 is 23.8 Å². The normalized spacial score (nSPS) is 11.4. The maximum absolute atomic E-state index is 13.2. The Balaban J connectivity index is 2.04. The van der Waals surface area contributed by atoms with Crippen LogP contribution in [0.5, 0.6) is 11.5 Å². The summed E-state index contributed by atoms with van der Waals surface area (Å²) in [5.74, 6) is -0.999. The lowest BCUT2D eigenvalue weighted by Crippen LogP contribution is -2.30. The number of ether oxygens (including phenoxy) is 3. The van der Waals surface area contributed by atoms with E-state index >= 15 is 0 Å². The van der Waals surface area contributed by atoms with Gasteiger partial charge in [0, 0.05) is 5.69 Å². The topological polar surface area (TPSA) is 73.9 Å². The van der Waals surface area contributed by atoms with Gasteiger partial charge < -0.3 is 19.5 Å². The molecule has 2 aromatic carbocycles. The zero-order chi connectivity index (χ0) is 20.0. The molecule has 1 amide bonds. The molecule has 144 valence electrons. The number of benzene rings is 2. The Bertz CT molecular complexity index is 843. The number of esters is 1. The number of hydrogen-bond donors (Lipinski definition) is 1. The second kappa shape index (κ2) is 9.23. The molecule has 2 aromatic rings. The number of amides is 1. The number of anilines is 1. The SMILES string of the molecule is CCOc1cc(C(=O)O[C@@H](C)C(=O)Nc2ccc(F)c(Cl)c2)ccc1OC. The van der Waals surface area contributed by atoms with Gasteiger partial charge in [0.1, 0.15) is 5.82 Å². The molecule has 0 fully saturated rings. The van der Waals surface area contributed by atoms with Crippen LogP contribution in [0.25, 0.3) is 0 Å². The van der Waals surface area contributed by atoms with E-state index in [1.807, 2.05) is 0 Å². The van der Waals surface area contributed by atoms with Crippen LogP contribution in [0.15, 0.2) is 36.4 Å². The Morgan fingerprint density at radius 2 is 1.93 bits per heavy atom. The van der Waals surface area contributed by atoms with Crippen molar-refractivity contribution in [3.63, 3.8) is 0 Å². The molecule has 0 unspecified atom stereocenters. The van der Waals surface area contributed by atoms with Crippen LogP contribution in [0.1, 0.15) is 24.2 Å². The Kier molecular flexibility index (Phi) is 7.01. The molecule has 1 atom stereocenters. The molecule has 2 rings (SSSR count). The van der Waals surface area contributed by atoms with Crippen LogP contribution in [-0.2, 0) is 9.53 Å². The van der Waals surface area contributed by atoms with Gasteiger partial charge in [-0.2, -0.15) is 0 Å². The van der Waals surface area contributed by atoms with Gasteiger partial charge in [0.05, 0.1) is 24.3 Å². The zero-order valence-electron chi connectivity index (χ0n) is 15.0. The highest BCUT2D eigenvalue weighted by Crippen LogP contribution is 2.28. The third-order valence-electron chi connectivity index (χ3n) is 3.54. The number of methoxy groups -OCH3 is 1. The first kappa shape index (κ1) is 20.5. The van der Waals surface area contributed by atoms with E-state index in [0.29, 0.717) is 18.1 Å². The molecule has 0 heterocycles. The second-order valence-electron chi connectivity index (χ2n) is 5.46. The lowest BCUT2D eigenvalue weighted by molar-refractivity contribution is -0.123. The Hall–Kier alpha value is -2.80. The average Bonchev–Trinajstić information content (AvgIpc) is 2.64. The second-order valence-corrected chi connectivity index (χ2v) is 5.87. The van der Waals surface area contributed by atoms with Crippen molar-refractivity contribution in [2.75, 3.05) is 19.0 Å². The standard InChI is InChI=1S/C19H19ClFNO5/c1-4-26-17-9-12(5-8-16(17)25-3)19(24)27-11(2)18(23)22-13-6-7-15(21)14(20)10-13/h5-11H,4H2,1-3H3,(H,22,23)/t11-/m0/s1. The van der Waals surface area contributed by atoms with E-state index in [1.54, 1.807) is 13.0 Å². The third-order valence-corrected chi connectivity index (χ3v) is 3.83. The van der Waals surface area contributed by atoms with E-state index in [0.717, 1.165) is 6.07 Å². The molecule has 0 spiro atoms. The lowest BCUT2D eigenvalue weighted by Gasteiger charge is -2.15. The lowest BCUT2D eigenvalue weighted by atomic mass is 10.2. The first-order valence-corrected chi connectivity index (χ1v) is 8.51. The predicted molar refractivity (Wildman–Crippen MR) is 99.1 cm³/mol. The summed E-state index contributed by atoms with van der Waals surface area (Å²) in [6.45, 7) is 3.62. The van der Waals surface area contributed by atoms with Crippen LogP contribution in [0.2, 0.25) is 5.02 Å². The van der Waals surface area contributed by atoms with Crippen molar-refractivity contribution in [2.24, 2.45) is 0 Å². The Labute approximate surface area is 161 Å². The van der Waals surface area contributed by atoms with Gasteiger partial charge in [-0.3, -0.25) is 4.79 Å². The molecule has 0 aliphatic heterocycles. The van der Waals surface area contributed by atoms with Gasteiger partial charge in [0.2, 0.25) is 0 Å². The van der Waals surface area contributed by atoms with Crippen molar-refractivity contribution >= 4 is 29.2 Å². The molecule has 0 saturated carbocycles. The fourth-order valence-electron chi connectivity index (χ4n) is 2.17. The molecule has 6 nitrogen and oxygen atoms in total. The largest absolute Gasteiger partial charge is 0.493 e. The smallest absolute Gasteiger partial charge is 0.339 e. The summed E-state index contributed by atoms with van der Waals surface area (Å²) in [5, 5.41) is 2.38. The number of carbonyl (C=O) groups excluding carboxylic acids is 2. The van der Waals surface area contributed by atoms with Crippen molar-refractivity contribution < 1.29 is 28.2 Å². The molecule has 0 aliphatic carbocycles. The van der Waals surface area contributed by atoms with Gasteiger partial charge in [-0.05, 0) is 50.2 Å². The average molecular weight is 396 g/mol.